The molecule has 0 aromatic heterocycles. The van der Waals surface area contributed by atoms with E-state index in [0.717, 1.165) is 24.3 Å². The smallest absolute Gasteiger partial charge is 0.321 e. The third-order valence-electron chi connectivity index (χ3n) is 5.69. The van der Waals surface area contributed by atoms with Gasteiger partial charge in [-0.3, -0.25) is 4.90 Å². The fraction of sp³-hybridized carbons (Fsp3) is 0.391. The molecule has 2 aliphatic rings. The number of rotatable bonds is 5. The number of nitrogens with one attached hydrogen (secondary N) is 2. The lowest BCUT2D eigenvalue weighted by Crippen LogP contribution is -2.31. The van der Waals surface area contributed by atoms with Crippen LogP contribution in [0.5, 0.6) is 0 Å². The van der Waals surface area contributed by atoms with Crippen LogP contribution in [0.15, 0.2) is 48.5 Å². The van der Waals surface area contributed by atoms with Crippen molar-refractivity contribution in [3.63, 3.8) is 0 Å². The van der Waals surface area contributed by atoms with Crippen molar-refractivity contribution in [1.29, 1.82) is 0 Å². The summed E-state index contributed by atoms with van der Waals surface area (Å²) in [5, 5.41) is 5.71. The van der Waals surface area contributed by atoms with Crippen molar-refractivity contribution in [2.45, 2.75) is 25.8 Å². The first kappa shape index (κ1) is 20.1. The summed E-state index contributed by atoms with van der Waals surface area (Å²) in [6.45, 7) is 4.04. The van der Waals surface area contributed by atoms with Crippen molar-refractivity contribution in [1.82, 2.24) is 10.2 Å². The molecule has 2 heterocycles. The first-order chi connectivity index (χ1) is 14.6. The van der Waals surface area contributed by atoms with Gasteiger partial charge in [0.05, 0.1) is 0 Å². The molecular formula is C23H29N5O2. The fourth-order valence-corrected chi connectivity index (χ4v) is 4.00. The van der Waals surface area contributed by atoms with Crippen LogP contribution in [0.3, 0.4) is 0 Å². The predicted molar refractivity (Wildman–Crippen MR) is 120 cm³/mol. The zero-order chi connectivity index (χ0) is 20.9. The van der Waals surface area contributed by atoms with Gasteiger partial charge in [0.1, 0.15) is 0 Å². The van der Waals surface area contributed by atoms with Gasteiger partial charge in [-0.05, 0) is 55.2 Å². The Morgan fingerprint density at radius 2 is 1.80 bits per heavy atom. The summed E-state index contributed by atoms with van der Waals surface area (Å²) in [5.74, 6) is 0. The molecule has 0 spiro atoms. The van der Waals surface area contributed by atoms with Crippen molar-refractivity contribution < 1.29 is 9.59 Å². The standard InChI is InChI=1S/C23H29N5O2/c1-26(17-18-8-10-20(11-9-18)27-13-3-2-4-14-27)23(30)25-19-6-5-7-21(16-19)28-15-12-24-22(28)29/h5-11,16H,2-4,12-15,17H2,1H3,(H,24,29)(H,25,30). The number of hydrogen-bond donors (Lipinski definition) is 2. The lowest BCUT2D eigenvalue weighted by Gasteiger charge is -2.29. The molecule has 7 nitrogen and oxygen atoms in total. The largest absolute Gasteiger partial charge is 0.372 e. The van der Waals surface area contributed by atoms with Crippen molar-refractivity contribution in [3.05, 3.63) is 54.1 Å². The fourth-order valence-electron chi connectivity index (χ4n) is 4.00. The summed E-state index contributed by atoms with van der Waals surface area (Å²) in [6.07, 6.45) is 3.84. The average Bonchev–Trinajstić information content (AvgIpc) is 3.21. The van der Waals surface area contributed by atoms with Gasteiger partial charge in [0.15, 0.2) is 0 Å². The summed E-state index contributed by atoms with van der Waals surface area (Å²) in [6, 6.07) is 15.6. The summed E-state index contributed by atoms with van der Waals surface area (Å²) in [4.78, 5) is 30.3. The van der Waals surface area contributed by atoms with Gasteiger partial charge in [0.25, 0.3) is 0 Å². The molecule has 0 aliphatic carbocycles. The number of benzene rings is 2. The minimum absolute atomic E-state index is 0.108. The van der Waals surface area contributed by atoms with E-state index in [1.807, 2.05) is 24.3 Å². The Bertz CT molecular complexity index is 893. The summed E-state index contributed by atoms with van der Waals surface area (Å²) >= 11 is 0. The first-order valence-corrected chi connectivity index (χ1v) is 10.6. The number of carbonyl (C=O) groups is 2. The Morgan fingerprint density at radius 3 is 2.50 bits per heavy atom. The number of amides is 4. The van der Waals surface area contributed by atoms with Crippen LogP contribution in [-0.4, -0.2) is 50.2 Å². The molecule has 2 aromatic carbocycles. The van der Waals surface area contributed by atoms with Gasteiger partial charge in [0, 0.05) is 56.8 Å². The first-order valence-electron chi connectivity index (χ1n) is 10.6. The van der Waals surface area contributed by atoms with Crippen LogP contribution in [0.1, 0.15) is 24.8 Å². The van der Waals surface area contributed by atoms with E-state index in [0.29, 0.717) is 25.3 Å². The zero-order valence-electron chi connectivity index (χ0n) is 17.4. The normalized spacial score (nSPS) is 16.4. The molecule has 0 bridgehead atoms. The third kappa shape index (κ3) is 4.67. The van der Waals surface area contributed by atoms with Crippen LogP contribution < -0.4 is 20.4 Å². The van der Waals surface area contributed by atoms with Crippen LogP contribution in [0.4, 0.5) is 26.7 Å². The highest BCUT2D eigenvalue weighted by atomic mass is 16.2. The van der Waals surface area contributed by atoms with E-state index in [1.54, 1.807) is 16.8 Å². The maximum Gasteiger partial charge on any atom is 0.321 e. The molecule has 2 aromatic rings. The molecule has 30 heavy (non-hydrogen) atoms. The second-order valence-electron chi connectivity index (χ2n) is 7.93. The minimum atomic E-state index is -0.182. The molecule has 0 saturated carbocycles. The van der Waals surface area contributed by atoms with Gasteiger partial charge in [0.2, 0.25) is 0 Å². The molecule has 0 unspecified atom stereocenters. The zero-order valence-corrected chi connectivity index (χ0v) is 17.4. The molecule has 4 rings (SSSR count). The maximum absolute atomic E-state index is 12.6. The van der Waals surface area contributed by atoms with E-state index < -0.39 is 0 Å². The van der Waals surface area contributed by atoms with Gasteiger partial charge >= 0.3 is 12.1 Å². The van der Waals surface area contributed by atoms with E-state index >= 15 is 0 Å². The quantitative estimate of drug-likeness (QED) is 0.791. The van der Waals surface area contributed by atoms with Crippen molar-refractivity contribution in [2.75, 3.05) is 48.3 Å². The van der Waals surface area contributed by atoms with Gasteiger partial charge in [-0.1, -0.05) is 18.2 Å². The van der Waals surface area contributed by atoms with Crippen LogP contribution in [-0.2, 0) is 6.54 Å². The van der Waals surface area contributed by atoms with E-state index in [2.05, 4.69) is 39.8 Å². The Kier molecular flexibility index (Phi) is 6.07. The molecule has 158 valence electrons. The van der Waals surface area contributed by atoms with E-state index in [-0.39, 0.29) is 12.1 Å². The lowest BCUT2D eigenvalue weighted by molar-refractivity contribution is 0.220. The Hall–Kier alpha value is -3.22. The summed E-state index contributed by atoms with van der Waals surface area (Å²) in [5.41, 5.74) is 3.80. The Balaban J connectivity index is 1.34. The average molecular weight is 408 g/mol. The molecule has 7 heteroatoms. The van der Waals surface area contributed by atoms with Crippen LogP contribution in [0, 0.1) is 0 Å². The number of nitrogens with zero attached hydrogens (tertiary/aromatic N) is 3. The van der Waals surface area contributed by atoms with Gasteiger partial charge in [-0.2, -0.15) is 0 Å². The summed E-state index contributed by atoms with van der Waals surface area (Å²) < 4.78 is 0. The number of urea groups is 2. The topological polar surface area (TPSA) is 67.9 Å². The molecule has 0 radical (unpaired) electrons. The highest BCUT2D eigenvalue weighted by Gasteiger charge is 2.21. The molecule has 2 aliphatic heterocycles. The Morgan fingerprint density at radius 1 is 1.03 bits per heavy atom. The molecule has 2 N–H and O–H groups in total. The monoisotopic (exact) mass is 407 g/mol. The van der Waals surface area contributed by atoms with Crippen LogP contribution in [0.2, 0.25) is 0 Å². The molecular weight excluding hydrogens is 378 g/mol. The van der Waals surface area contributed by atoms with Gasteiger partial charge in [-0.25, -0.2) is 9.59 Å². The second kappa shape index (κ2) is 9.07. The SMILES string of the molecule is CN(Cc1ccc(N2CCCCC2)cc1)C(=O)Nc1cccc(N2CCNC2=O)c1. The third-order valence-corrected chi connectivity index (χ3v) is 5.69. The Labute approximate surface area is 177 Å². The maximum atomic E-state index is 12.6. The van der Waals surface area contributed by atoms with Crippen LogP contribution in [0.25, 0.3) is 0 Å². The van der Waals surface area contributed by atoms with Crippen molar-refractivity contribution >= 4 is 29.1 Å². The van der Waals surface area contributed by atoms with E-state index in [4.69, 9.17) is 0 Å². The van der Waals surface area contributed by atoms with E-state index in [1.165, 1.54) is 24.9 Å². The number of carbonyl (C=O) groups excluding carboxylic acids is 2. The lowest BCUT2D eigenvalue weighted by atomic mass is 10.1. The number of anilines is 3. The summed E-state index contributed by atoms with van der Waals surface area (Å²) in [7, 11) is 1.78. The van der Waals surface area contributed by atoms with Crippen molar-refractivity contribution in [2.24, 2.45) is 0 Å². The minimum Gasteiger partial charge on any atom is -0.372 e. The van der Waals surface area contributed by atoms with Gasteiger partial charge < -0.3 is 20.4 Å². The highest BCUT2D eigenvalue weighted by molar-refractivity contribution is 5.95. The number of hydrogen-bond acceptors (Lipinski definition) is 3. The second-order valence-corrected chi connectivity index (χ2v) is 7.93. The highest BCUT2D eigenvalue weighted by Crippen LogP contribution is 2.22. The van der Waals surface area contributed by atoms with Gasteiger partial charge in [-0.15, -0.1) is 0 Å². The molecule has 0 atom stereocenters. The molecule has 4 amide bonds. The van der Waals surface area contributed by atoms with Crippen LogP contribution >= 0.6 is 0 Å². The van der Waals surface area contributed by atoms with Crippen molar-refractivity contribution in [3.8, 4) is 0 Å². The number of piperidine rings is 1. The van der Waals surface area contributed by atoms with E-state index in [9.17, 15) is 9.59 Å². The molecule has 2 fully saturated rings. The molecule has 2 saturated heterocycles. The predicted octanol–water partition coefficient (Wildman–Crippen LogP) is 3.87.